The van der Waals surface area contributed by atoms with Gasteiger partial charge in [-0.15, -0.1) is 11.3 Å². The van der Waals surface area contributed by atoms with Gasteiger partial charge < -0.3 is 14.5 Å². The van der Waals surface area contributed by atoms with E-state index in [4.69, 9.17) is 0 Å². The van der Waals surface area contributed by atoms with Gasteiger partial charge in [0.25, 0.3) is 0 Å². The molecule has 5 aromatic rings. The Hall–Kier alpha value is -2.32. The molecule has 0 fully saturated rings. The van der Waals surface area contributed by atoms with Crippen LogP contribution in [0.15, 0.2) is 65.6 Å². The van der Waals surface area contributed by atoms with Gasteiger partial charge in [-0.1, -0.05) is 18.2 Å². The maximum atomic E-state index is 13.0. The van der Waals surface area contributed by atoms with Crippen molar-refractivity contribution in [3.8, 4) is 10.6 Å². The molecule has 188 valence electrons. The standard InChI is InChI=1S/C27H16N2O7S2.2Na/c1-12-2-7-20-24(25(12)38(34,35)36)37-26(29-20)14-5-8-18-13(10-14)4-9-19(28-18)21-22(30)16-6-3-15(27(32)33)11-17(16)23(21)31;;/h2-11,21H,1H3,(H,32,33)(H,34,35,36);;/q;2*+1/p-2. The minimum atomic E-state index is -4.69. The summed E-state index contributed by atoms with van der Waals surface area (Å²) in [7, 11) is -4.69. The third kappa shape index (κ3) is 5.11. The summed E-state index contributed by atoms with van der Waals surface area (Å²) in [6.07, 6.45) is 0. The van der Waals surface area contributed by atoms with Crippen LogP contribution in [0.4, 0.5) is 0 Å². The Balaban J connectivity index is 0.00000185. The summed E-state index contributed by atoms with van der Waals surface area (Å²) >= 11 is 1.10. The van der Waals surface area contributed by atoms with E-state index in [-0.39, 0.29) is 86.4 Å². The molecular weight excluding hydrogens is 574 g/mol. The number of fused-ring (bicyclic) bond motifs is 3. The Labute approximate surface area is 276 Å². The molecular formula is C27H14N2Na2O7S2. The number of Topliss-reactive ketones (excluding diaryl/α,β-unsaturated/α-hetero) is 2. The minimum Gasteiger partial charge on any atom is -0.744 e. The molecule has 0 radical (unpaired) electrons. The number of benzene rings is 3. The maximum absolute atomic E-state index is 13.0. The maximum Gasteiger partial charge on any atom is 1.00 e. The van der Waals surface area contributed by atoms with Crippen molar-refractivity contribution in [1.82, 2.24) is 9.97 Å². The normalized spacial score (nSPS) is 14.6. The van der Waals surface area contributed by atoms with Crippen molar-refractivity contribution in [2.45, 2.75) is 17.7 Å². The van der Waals surface area contributed by atoms with E-state index in [1.165, 1.54) is 12.1 Å². The van der Waals surface area contributed by atoms with E-state index in [1.54, 1.807) is 49.4 Å². The van der Waals surface area contributed by atoms with Gasteiger partial charge in [0.05, 0.1) is 32.3 Å². The molecule has 0 aliphatic heterocycles. The SMILES string of the molecule is Cc1ccc2nc(-c3ccc4nc(C5C(=O)c6ccc(C(=O)[O-])cc6C5=O)ccc4c3)sc2c1S(=O)(=O)[O-].[Na+].[Na+]. The fourth-order valence-corrected chi connectivity index (χ4v) is 7.00. The molecule has 1 aliphatic carbocycles. The Morgan fingerprint density at radius 3 is 2.27 bits per heavy atom. The average Bonchev–Trinajstić information content (AvgIpc) is 3.41. The molecule has 6 rings (SSSR count). The minimum absolute atomic E-state index is 0. The first-order valence-electron chi connectivity index (χ1n) is 11.2. The van der Waals surface area contributed by atoms with Crippen LogP contribution in [0, 0.1) is 6.92 Å². The largest absolute Gasteiger partial charge is 1.00 e. The van der Waals surface area contributed by atoms with E-state index in [1.807, 2.05) is 0 Å². The van der Waals surface area contributed by atoms with Crippen molar-refractivity contribution in [2.75, 3.05) is 0 Å². The molecule has 13 heteroatoms. The predicted molar refractivity (Wildman–Crippen MR) is 135 cm³/mol. The van der Waals surface area contributed by atoms with Crippen LogP contribution in [0.5, 0.6) is 0 Å². The number of aromatic nitrogens is 2. The fraction of sp³-hybridized carbons (Fsp3) is 0.0741. The molecule has 0 bridgehead atoms. The number of hydrogen-bond acceptors (Lipinski definition) is 10. The molecule has 3 aromatic carbocycles. The van der Waals surface area contributed by atoms with Crippen LogP contribution in [-0.4, -0.2) is 40.5 Å². The quantitative estimate of drug-likeness (QED) is 0.123. The molecule has 1 unspecified atom stereocenters. The van der Waals surface area contributed by atoms with Crippen molar-refractivity contribution >= 4 is 60.1 Å². The van der Waals surface area contributed by atoms with Gasteiger partial charge in [0.15, 0.2) is 11.6 Å². The van der Waals surface area contributed by atoms with E-state index >= 15 is 0 Å². The number of rotatable bonds is 4. The van der Waals surface area contributed by atoms with Gasteiger partial charge in [0.1, 0.15) is 21.0 Å². The second-order valence-corrected chi connectivity index (χ2v) is 11.2. The van der Waals surface area contributed by atoms with Crippen LogP contribution in [0.1, 0.15) is 48.2 Å². The van der Waals surface area contributed by atoms with Gasteiger partial charge in [-0.05, 0) is 60.5 Å². The number of ketones is 2. The topological polar surface area (TPSA) is 157 Å². The van der Waals surface area contributed by atoms with Gasteiger partial charge in [-0.2, -0.15) is 0 Å². The van der Waals surface area contributed by atoms with Crippen LogP contribution < -0.4 is 64.2 Å². The Morgan fingerprint density at radius 1 is 0.875 bits per heavy atom. The van der Waals surface area contributed by atoms with E-state index in [0.717, 1.165) is 17.4 Å². The molecule has 0 N–H and O–H groups in total. The zero-order chi connectivity index (χ0) is 26.9. The molecule has 0 amide bonds. The molecule has 0 spiro atoms. The van der Waals surface area contributed by atoms with Gasteiger partial charge >= 0.3 is 59.1 Å². The van der Waals surface area contributed by atoms with E-state index in [9.17, 15) is 32.5 Å². The summed E-state index contributed by atoms with van der Waals surface area (Å²) in [5.41, 5.74) is 2.18. The second-order valence-electron chi connectivity index (χ2n) is 8.89. The zero-order valence-corrected chi connectivity index (χ0v) is 27.1. The third-order valence-electron chi connectivity index (χ3n) is 6.52. The number of aryl methyl sites for hydroxylation is 1. The van der Waals surface area contributed by atoms with Crippen LogP contribution in [-0.2, 0) is 10.1 Å². The van der Waals surface area contributed by atoms with Crippen LogP contribution >= 0.6 is 11.3 Å². The first-order chi connectivity index (χ1) is 18.0. The van der Waals surface area contributed by atoms with Crippen molar-refractivity contribution in [2.24, 2.45) is 0 Å². The third-order valence-corrected chi connectivity index (χ3v) is 8.82. The summed E-state index contributed by atoms with van der Waals surface area (Å²) in [6.45, 7) is 1.56. The summed E-state index contributed by atoms with van der Waals surface area (Å²) in [4.78, 5) is 45.9. The van der Waals surface area contributed by atoms with Gasteiger partial charge in [-0.25, -0.2) is 13.4 Å². The Morgan fingerprint density at radius 2 is 1.57 bits per heavy atom. The first-order valence-corrected chi connectivity index (χ1v) is 13.5. The summed E-state index contributed by atoms with van der Waals surface area (Å²) in [5, 5.41) is 12.4. The number of carboxylic acids is 1. The van der Waals surface area contributed by atoms with E-state index < -0.39 is 33.6 Å². The smallest absolute Gasteiger partial charge is 0.744 e. The summed E-state index contributed by atoms with van der Waals surface area (Å²) in [5.74, 6) is -3.59. The van der Waals surface area contributed by atoms with Crippen molar-refractivity contribution in [1.29, 1.82) is 0 Å². The molecule has 1 atom stereocenters. The molecule has 2 aromatic heterocycles. The molecule has 40 heavy (non-hydrogen) atoms. The van der Waals surface area contributed by atoms with Crippen molar-refractivity contribution < 1.29 is 91.6 Å². The molecule has 9 nitrogen and oxygen atoms in total. The molecule has 0 saturated heterocycles. The number of carbonyl (C=O) groups excluding carboxylic acids is 3. The van der Waals surface area contributed by atoms with Crippen molar-refractivity contribution in [3.63, 3.8) is 0 Å². The summed E-state index contributed by atoms with van der Waals surface area (Å²) in [6, 6.07) is 15.4. The number of thiazole rings is 1. The van der Waals surface area contributed by atoms with Crippen LogP contribution in [0.25, 0.3) is 31.7 Å². The molecule has 2 heterocycles. The molecule has 1 aliphatic rings. The zero-order valence-electron chi connectivity index (χ0n) is 21.4. The van der Waals surface area contributed by atoms with Gasteiger partial charge in [-0.3, -0.25) is 14.6 Å². The van der Waals surface area contributed by atoms with Crippen LogP contribution in [0.3, 0.4) is 0 Å². The van der Waals surface area contributed by atoms with Crippen molar-refractivity contribution in [3.05, 3.63) is 88.6 Å². The van der Waals surface area contributed by atoms with E-state index in [2.05, 4.69) is 9.97 Å². The second kappa shape index (κ2) is 11.2. The number of nitrogens with zero attached hydrogens (tertiary/aromatic N) is 2. The van der Waals surface area contributed by atoms with E-state index in [0.29, 0.717) is 37.3 Å². The predicted octanol–water partition coefficient (Wildman–Crippen LogP) is -2.74. The number of carbonyl (C=O) groups is 3. The fourth-order valence-electron chi connectivity index (χ4n) is 4.72. The Bertz CT molecular complexity index is 2010. The Kier molecular flexibility index (Phi) is 8.55. The first kappa shape index (κ1) is 30.6. The molecule has 0 saturated carbocycles. The number of carboxylic acid groups (broad SMARTS) is 1. The van der Waals surface area contributed by atoms with Gasteiger partial charge in [0.2, 0.25) is 0 Å². The number of hydrogen-bond donors (Lipinski definition) is 0. The van der Waals surface area contributed by atoms with Crippen LogP contribution in [0.2, 0.25) is 0 Å². The number of pyridine rings is 1. The monoisotopic (exact) mass is 588 g/mol. The average molecular weight is 589 g/mol. The van der Waals surface area contributed by atoms with Gasteiger partial charge in [0, 0.05) is 22.1 Å². The summed E-state index contributed by atoms with van der Waals surface area (Å²) < 4.78 is 35.8. The number of aromatic carboxylic acids is 1.